The summed E-state index contributed by atoms with van der Waals surface area (Å²) in [7, 11) is -2.68. The molecule has 0 fully saturated rings. The first-order chi connectivity index (χ1) is 11.2. The lowest BCUT2D eigenvalue weighted by Gasteiger charge is -2.17. The minimum absolute atomic E-state index is 0.384. The Balaban J connectivity index is 2.05. The molecule has 0 aromatic heterocycles. The van der Waals surface area contributed by atoms with E-state index in [1.165, 1.54) is 24.3 Å². The highest BCUT2D eigenvalue weighted by Crippen LogP contribution is 2.21. The molecule has 0 bridgehead atoms. The zero-order valence-electron chi connectivity index (χ0n) is 12.7. The molecule has 0 spiro atoms. The molecule has 0 saturated heterocycles. The second-order valence-corrected chi connectivity index (χ2v) is 8.19. The van der Waals surface area contributed by atoms with Crippen molar-refractivity contribution >= 4 is 33.0 Å². The number of nitrogens with zero attached hydrogens (tertiary/aromatic N) is 1. The highest BCUT2D eigenvalue weighted by Gasteiger charge is 2.26. The first kappa shape index (κ1) is 19.1. The molecule has 0 atom stereocenters. The van der Waals surface area contributed by atoms with E-state index in [0.717, 1.165) is 11.1 Å². The number of rotatable bonds is 6. The monoisotopic (exact) mass is 393 g/mol. The predicted octanol–water partition coefficient (Wildman–Crippen LogP) is 4.62. The zero-order valence-corrected chi connectivity index (χ0v) is 15.0. The molecule has 0 aliphatic carbocycles. The second-order valence-electron chi connectivity index (χ2n) is 5.40. The van der Waals surface area contributed by atoms with Crippen molar-refractivity contribution < 1.29 is 17.2 Å². The summed E-state index contributed by atoms with van der Waals surface area (Å²) in [6.07, 6.45) is 0. The van der Waals surface area contributed by atoms with Crippen molar-refractivity contribution in [3.63, 3.8) is 0 Å². The van der Waals surface area contributed by atoms with Gasteiger partial charge < -0.3 is 0 Å². The largest absolute Gasteiger partial charge is 0.341 e. The molecule has 0 radical (unpaired) electrons. The quantitative estimate of drug-likeness (QED) is 0.718. The van der Waals surface area contributed by atoms with Crippen LogP contribution in [0.2, 0.25) is 10.0 Å². The Morgan fingerprint density at radius 3 is 1.96 bits per heavy atom. The summed E-state index contributed by atoms with van der Waals surface area (Å²) in [6, 6.07) is 10.7. The summed E-state index contributed by atoms with van der Waals surface area (Å²) in [4.78, 5) is 1.59. The second kappa shape index (κ2) is 7.78. The minimum Gasteiger partial charge on any atom is -0.298 e. The maximum Gasteiger partial charge on any atom is 0.341 e. The van der Waals surface area contributed by atoms with Crippen molar-refractivity contribution in [2.45, 2.75) is 23.7 Å². The highest BCUT2D eigenvalue weighted by molar-refractivity contribution is 7.91. The number of hydrogen-bond acceptors (Lipinski definition) is 3. The van der Waals surface area contributed by atoms with E-state index in [1.54, 1.807) is 6.07 Å². The maximum atomic E-state index is 12.5. The normalized spacial score (nSPS) is 12.1. The standard InChI is InChI=1S/C16H15Cl2F2NO2S/c1-21(10-12-6-13(17)8-14(18)7-12)9-11-2-4-15(5-3-11)24(22,23)16(19)20/h2-8,16H,9-10H2,1H3. The van der Waals surface area contributed by atoms with Crippen LogP contribution in [-0.2, 0) is 22.9 Å². The van der Waals surface area contributed by atoms with E-state index in [-0.39, 0.29) is 4.90 Å². The van der Waals surface area contributed by atoms with Crippen molar-refractivity contribution in [3.8, 4) is 0 Å². The third-order valence-corrected chi connectivity index (χ3v) is 5.15. The van der Waals surface area contributed by atoms with Crippen molar-refractivity contribution in [1.82, 2.24) is 4.90 Å². The third-order valence-electron chi connectivity index (χ3n) is 3.31. The molecule has 130 valence electrons. The summed E-state index contributed by atoms with van der Waals surface area (Å²) >= 11 is 11.9. The molecule has 8 heteroatoms. The molecule has 2 rings (SSSR count). The van der Waals surface area contributed by atoms with Crippen LogP contribution in [0.5, 0.6) is 0 Å². The molecular formula is C16H15Cl2F2NO2S. The van der Waals surface area contributed by atoms with E-state index < -0.39 is 15.6 Å². The summed E-state index contributed by atoms with van der Waals surface area (Å²) in [5.41, 5.74) is 1.74. The van der Waals surface area contributed by atoms with Crippen LogP contribution in [0, 0.1) is 0 Å². The van der Waals surface area contributed by atoms with Crippen LogP contribution in [-0.4, -0.2) is 26.1 Å². The van der Waals surface area contributed by atoms with E-state index in [9.17, 15) is 17.2 Å². The maximum absolute atomic E-state index is 12.5. The fraction of sp³-hybridized carbons (Fsp3) is 0.250. The van der Waals surface area contributed by atoms with Gasteiger partial charge in [-0.1, -0.05) is 35.3 Å². The van der Waals surface area contributed by atoms with Crippen LogP contribution in [0.3, 0.4) is 0 Å². The summed E-state index contributed by atoms with van der Waals surface area (Å²) in [5.74, 6) is -3.42. The Labute approximate surface area is 149 Å². The fourth-order valence-corrected chi connectivity index (χ4v) is 3.56. The van der Waals surface area contributed by atoms with Crippen LogP contribution >= 0.6 is 23.2 Å². The lowest BCUT2D eigenvalue weighted by Crippen LogP contribution is -2.17. The Morgan fingerprint density at radius 1 is 0.958 bits per heavy atom. The van der Waals surface area contributed by atoms with Gasteiger partial charge in [-0.3, -0.25) is 4.90 Å². The summed E-state index contributed by atoms with van der Waals surface area (Å²) < 4.78 is 47.8. The Kier molecular flexibility index (Phi) is 6.20. The van der Waals surface area contributed by atoms with Gasteiger partial charge in [0.2, 0.25) is 9.84 Å². The van der Waals surface area contributed by atoms with Crippen LogP contribution in [0.4, 0.5) is 8.78 Å². The van der Waals surface area contributed by atoms with Gasteiger partial charge in [-0.2, -0.15) is 8.78 Å². The molecular weight excluding hydrogens is 379 g/mol. The van der Waals surface area contributed by atoms with Crippen molar-refractivity contribution in [1.29, 1.82) is 0 Å². The Morgan fingerprint density at radius 2 is 1.46 bits per heavy atom. The topological polar surface area (TPSA) is 37.4 Å². The molecule has 3 nitrogen and oxygen atoms in total. The molecule has 0 unspecified atom stereocenters. The molecule has 24 heavy (non-hydrogen) atoms. The van der Waals surface area contributed by atoms with E-state index in [1.807, 2.05) is 24.1 Å². The third kappa shape index (κ3) is 4.89. The molecule has 0 N–H and O–H groups in total. The molecule has 2 aromatic carbocycles. The fourth-order valence-electron chi connectivity index (χ4n) is 2.27. The van der Waals surface area contributed by atoms with Gasteiger partial charge in [-0.15, -0.1) is 0 Å². The van der Waals surface area contributed by atoms with Crippen molar-refractivity contribution in [2.75, 3.05) is 7.05 Å². The van der Waals surface area contributed by atoms with Crippen LogP contribution < -0.4 is 0 Å². The Hall–Kier alpha value is -1.21. The number of alkyl halides is 2. The predicted molar refractivity (Wildman–Crippen MR) is 91.3 cm³/mol. The van der Waals surface area contributed by atoms with Crippen molar-refractivity contribution in [3.05, 3.63) is 63.6 Å². The van der Waals surface area contributed by atoms with Gasteiger partial charge in [0.25, 0.3) is 0 Å². The molecule has 0 amide bonds. The lowest BCUT2D eigenvalue weighted by atomic mass is 10.2. The Bertz CT molecular complexity index is 791. The van der Waals surface area contributed by atoms with E-state index >= 15 is 0 Å². The smallest absolute Gasteiger partial charge is 0.298 e. The first-order valence-electron chi connectivity index (χ1n) is 6.93. The zero-order chi connectivity index (χ0) is 17.9. The van der Waals surface area contributed by atoms with Gasteiger partial charge in [0.15, 0.2) is 0 Å². The minimum atomic E-state index is -4.56. The summed E-state index contributed by atoms with van der Waals surface area (Å²) in [5, 5.41) is 1.10. The SMILES string of the molecule is CN(Cc1ccc(S(=O)(=O)C(F)F)cc1)Cc1cc(Cl)cc(Cl)c1. The molecule has 0 heterocycles. The molecule has 0 saturated carbocycles. The van der Waals surface area contributed by atoms with E-state index in [0.29, 0.717) is 23.1 Å². The first-order valence-corrected chi connectivity index (χ1v) is 9.23. The average molecular weight is 394 g/mol. The summed E-state index contributed by atoms with van der Waals surface area (Å²) in [6.45, 7) is 1.09. The molecule has 2 aromatic rings. The number of benzene rings is 2. The van der Waals surface area contributed by atoms with Gasteiger partial charge >= 0.3 is 5.76 Å². The van der Waals surface area contributed by atoms with E-state index in [2.05, 4.69) is 0 Å². The van der Waals surface area contributed by atoms with Crippen molar-refractivity contribution in [2.24, 2.45) is 0 Å². The van der Waals surface area contributed by atoms with E-state index in [4.69, 9.17) is 23.2 Å². The van der Waals surface area contributed by atoms with Gasteiger partial charge in [0, 0.05) is 23.1 Å². The number of sulfone groups is 1. The van der Waals surface area contributed by atoms with Crippen LogP contribution in [0.15, 0.2) is 47.4 Å². The van der Waals surface area contributed by atoms with Gasteiger partial charge in [-0.05, 0) is 48.5 Å². The van der Waals surface area contributed by atoms with Gasteiger partial charge in [0.1, 0.15) is 0 Å². The average Bonchev–Trinajstić information content (AvgIpc) is 2.46. The number of hydrogen-bond donors (Lipinski definition) is 0. The molecule has 0 aliphatic rings. The van der Waals surface area contributed by atoms with Gasteiger partial charge in [0.05, 0.1) is 4.90 Å². The highest BCUT2D eigenvalue weighted by atomic mass is 35.5. The van der Waals surface area contributed by atoms with Crippen LogP contribution in [0.25, 0.3) is 0 Å². The number of halogens is 4. The van der Waals surface area contributed by atoms with Gasteiger partial charge in [-0.25, -0.2) is 8.42 Å². The molecule has 0 aliphatic heterocycles. The van der Waals surface area contributed by atoms with Crippen LogP contribution in [0.1, 0.15) is 11.1 Å². The lowest BCUT2D eigenvalue weighted by molar-refractivity contribution is 0.234.